The Bertz CT molecular complexity index is 930. The summed E-state index contributed by atoms with van der Waals surface area (Å²) >= 11 is 18.6. The zero-order valence-electron chi connectivity index (χ0n) is 15.0. The molecule has 28 heavy (non-hydrogen) atoms. The van der Waals surface area contributed by atoms with E-state index in [0.717, 1.165) is 5.75 Å². The second-order valence-corrected chi connectivity index (χ2v) is 8.58. The zero-order valence-corrected chi connectivity index (χ0v) is 18.1. The topological polar surface area (TPSA) is 47.6 Å². The first-order chi connectivity index (χ1) is 13.4. The molecule has 0 atom stereocenters. The molecule has 146 valence electrons. The number of benzene rings is 2. The fraction of sp³-hybridized carbons (Fsp3) is 0.200. The summed E-state index contributed by atoms with van der Waals surface area (Å²) < 4.78 is 12.0. The number of hydrogen-bond donors (Lipinski definition) is 1. The first-order valence-electron chi connectivity index (χ1n) is 8.48. The lowest BCUT2D eigenvalue weighted by molar-refractivity contribution is -0.115. The van der Waals surface area contributed by atoms with E-state index in [9.17, 15) is 4.79 Å². The highest BCUT2D eigenvalue weighted by Gasteiger charge is 2.23. The van der Waals surface area contributed by atoms with E-state index in [1.165, 1.54) is 17.3 Å². The second-order valence-electron chi connectivity index (χ2n) is 6.02. The van der Waals surface area contributed by atoms with Crippen LogP contribution in [-0.4, -0.2) is 23.4 Å². The smallest absolute Gasteiger partial charge is 0.263 e. The number of rotatable bonds is 7. The van der Waals surface area contributed by atoms with E-state index in [0.29, 0.717) is 50.2 Å². The lowest BCUT2D eigenvalue weighted by Crippen LogP contribution is -2.17. The number of nitrogens with one attached hydrogen (secondary N) is 1. The standard InChI is InChI=1S/C20H17Cl2NO3S2/c1-12-3-5-15(6-4-12)25-7-2-8-26-18-13(9-14(21)11-16(18)22)10-17-19(24)23-20(27)28-17/h3-6,9-11H,2,7-8H2,1H3,(H,23,24,27)/b17-10+. The normalized spacial score (nSPS) is 15.0. The fourth-order valence-corrected chi connectivity index (χ4v) is 4.06. The maximum Gasteiger partial charge on any atom is 0.263 e. The SMILES string of the molecule is Cc1ccc(OCCCOc2c(Cl)cc(Cl)cc2/C=C2/SC(=S)NC2=O)cc1. The van der Waals surface area contributed by atoms with Gasteiger partial charge >= 0.3 is 0 Å². The minimum atomic E-state index is -0.247. The molecule has 0 aromatic heterocycles. The van der Waals surface area contributed by atoms with E-state index in [4.69, 9.17) is 44.9 Å². The summed E-state index contributed by atoms with van der Waals surface area (Å²) in [6.07, 6.45) is 2.34. The highest BCUT2D eigenvalue weighted by atomic mass is 35.5. The van der Waals surface area contributed by atoms with E-state index in [2.05, 4.69) is 5.32 Å². The predicted molar refractivity (Wildman–Crippen MR) is 120 cm³/mol. The molecular weight excluding hydrogens is 437 g/mol. The lowest BCUT2D eigenvalue weighted by Gasteiger charge is -2.13. The summed E-state index contributed by atoms with van der Waals surface area (Å²) in [4.78, 5) is 12.4. The van der Waals surface area contributed by atoms with Crippen LogP contribution in [0.3, 0.4) is 0 Å². The van der Waals surface area contributed by atoms with Gasteiger partial charge in [-0.05, 0) is 37.3 Å². The van der Waals surface area contributed by atoms with Crippen LogP contribution < -0.4 is 14.8 Å². The third kappa shape index (κ3) is 5.64. The molecule has 0 bridgehead atoms. The molecule has 2 aromatic rings. The molecule has 1 amide bonds. The maximum atomic E-state index is 11.9. The molecule has 1 saturated heterocycles. The van der Waals surface area contributed by atoms with Gasteiger partial charge in [-0.25, -0.2) is 0 Å². The Morgan fingerprint density at radius 2 is 1.86 bits per heavy atom. The highest BCUT2D eigenvalue weighted by molar-refractivity contribution is 8.26. The Hall–Kier alpha value is -1.73. The summed E-state index contributed by atoms with van der Waals surface area (Å²) in [6.45, 7) is 2.94. The summed E-state index contributed by atoms with van der Waals surface area (Å²) in [5.41, 5.74) is 1.81. The van der Waals surface area contributed by atoms with Gasteiger partial charge in [0.2, 0.25) is 0 Å². The van der Waals surface area contributed by atoms with Gasteiger partial charge in [-0.1, -0.05) is 64.9 Å². The van der Waals surface area contributed by atoms with Gasteiger partial charge in [0.1, 0.15) is 15.8 Å². The molecule has 2 aromatic carbocycles. The first kappa shape index (κ1) is 21.0. The number of carbonyl (C=O) groups excluding carboxylic acids is 1. The predicted octanol–water partition coefficient (Wildman–Crippen LogP) is 5.64. The Morgan fingerprint density at radius 3 is 2.54 bits per heavy atom. The number of halogens is 2. The van der Waals surface area contributed by atoms with Gasteiger partial charge in [0.25, 0.3) is 5.91 Å². The van der Waals surface area contributed by atoms with Gasteiger partial charge < -0.3 is 14.8 Å². The highest BCUT2D eigenvalue weighted by Crippen LogP contribution is 2.36. The molecule has 4 nitrogen and oxygen atoms in total. The van der Waals surface area contributed by atoms with Crippen LogP contribution >= 0.6 is 47.2 Å². The number of amides is 1. The van der Waals surface area contributed by atoms with E-state index in [1.807, 2.05) is 31.2 Å². The van der Waals surface area contributed by atoms with E-state index < -0.39 is 0 Å². The van der Waals surface area contributed by atoms with Gasteiger partial charge in [-0.3, -0.25) is 4.79 Å². The van der Waals surface area contributed by atoms with Crippen LogP contribution in [0.2, 0.25) is 10.0 Å². The molecule has 1 N–H and O–H groups in total. The average Bonchev–Trinajstić information content (AvgIpc) is 2.95. The molecule has 0 saturated carbocycles. The third-order valence-electron chi connectivity index (χ3n) is 3.79. The Kier molecular flexibility index (Phi) is 7.24. The number of aryl methyl sites for hydroxylation is 1. The van der Waals surface area contributed by atoms with Crippen LogP contribution in [0.5, 0.6) is 11.5 Å². The van der Waals surface area contributed by atoms with Gasteiger partial charge in [0, 0.05) is 17.0 Å². The maximum absolute atomic E-state index is 11.9. The molecule has 0 unspecified atom stereocenters. The summed E-state index contributed by atoms with van der Waals surface area (Å²) in [6, 6.07) is 11.2. The van der Waals surface area contributed by atoms with Crippen LogP contribution in [0, 0.1) is 6.92 Å². The fourth-order valence-electron chi connectivity index (χ4n) is 2.46. The van der Waals surface area contributed by atoms with Crippen molar-refractivity contribution in [3.8, 4) is 11.5 Å². The Balaban J connectivity index is 1.63. The minimum absolute atomic E-state index is 0.247. The Labute approximate surface area is 183 Å². The number of hydrogen-bond acceptors (Lipinski definition) is 5. The minimum Gasteiger partial charge on any atom is -0.493 e. The van der Waals surface area contributed by atoms with Crippen molar-refractivity contribution in [2.24, 2.45) is 0 Å². The molecule has 0 radical (unpaired) electrons. The number of thioether (sulfide) groups is 1. The van der Waals surface area contributed by atoms with Gasteiger partial charge in [0.05, 0.1) is 23.1 Å². The molecule has 1 aliphatic heterocycles. The van der Waals surface area contributed by atoms with Crippen molar-refractivity contribution in [2.45, 2.75) is 13.3 Å². The van der Waals surface area contributed by atoms with Crippen molar-refractivity contribution in [1.82, 2.24) is 5.32 Å². The molecule has 8 heteroatoms. The van der Waals surface area contributed by atoms with Crippen LogP contribution in [0.4, 0.5) is 0 Å². The Morgan fingerprint density at radius 1 is 1.14 bits per heavy atom. The van der Waals surface area contributed by atoms with Gasteiger partial charge in [0.15, 0.2) is 0 Å². The zero-order chi connectivity index (χ0) is 20.1. The quantitative estimate of drug-likeness (QED) is 0.333. The van der Waals surface area contributed by atoms with E-state index in [-0.39, 0.29) is 5.91 Å². The molecule has 0 spiro atoms. The van der Waals surface area contributed by atoms with Crippen molar-refractivity contribution < 1.29 is 14.3 Å². The molecule has 1 fully saturated rings. The molecule has 1 aliphatic rings. The van der Waals surface area contributed by atoms with E-state index >= 15 is 0 Å². The van der Waals surface area contributed by atoms with Crippen molar-refractivity contribution in [2.75, 3.05) is 13.2 Å². The monoisotopic (exact) mass is 453 g/mol. The molecular formula is C20H17Cl2NO3S2. The number of ether oxygens (including phenoxy) is 2. The first-order valence-corrected chi connectivity index (χ1v) is 10.5. The summed E-state index contributed by atoms with van der Waals surface area (Å²) in [5.74, 6) is 1.05. The second kappa shape index (κ2) is 9.65. The van der Waals surface area contributed by atoms with Crippen LogP contribution in [-0.2, 0) is 4.79 Å². The third-order valence-corrected chi connectivity index (χ3v) is 5.45. The number of thiocarbonyl (C=S) groups is 1. The molecule has 3 rings (SSSR count). The van der Waals surface area contributed by atoms with Crippen molar-refractivity contribution in [3.05, 3.63) is 62.5 Å². The summed E-state index contributed by atoms with van der Waals surface area (Å²) in [7, 11) is 0. The van der Waals surface area contributed by atoms with Crippen molar-refractivity contribution >= 4 is 63.5 Å². The number of carbonyl (C=O) groups is 1. The van der Waals surface area contributed by atoms with Crippen molar-refractivity contribution in [3.63, 3.8) is 0 Å². The van der Waals surface area contributed by atoms with Gasteiger partial charge in [-0.15, -0.1) is 0 Å². The lowest BCUT2D eigenvalue weighted by atomic mass is 10.2. The van der Waals surface area contributed by atoms with Crippen LogP contribution in [0.1, 0.15) is 17.5 Å². The average molecular weight is 454 g/mol. The van der Waals surface area contributed by atoms with Gasteiger partial charge in [-0.2, -0.15) is 0 Å². The van der Waals surface area contributed by atoms with Crippen molar-refractivity contribution in [1.29, 1.82) is 0 Å². The largest absolute Gasteiger partial charge is 0.493 e. The molecule has 1 heterocycles. The van der Waals surface area contributed by atoms with Crippen LogP contribution in [0.25, 0.3) is 6.08 Å². The molecule has 0 aliphatic carbocycles. The van der Waals surface area contributed by atoms with Crippen LogP contribution in [0.15, 0.2) is 41.3 Å². The summed E-state index contributed by atoms with van der Waals surface area (Å²) in [5, 5.41) is 3.41. The van der Waals surface area contributed by atoms with E-state index in [1.54, 1.807) is 18.2 Å².